The average molecular weight is 236 g/mol. The summed E-state index contributed by atoms with van der Waals surface area (Å²) in [5.74, 6) is 0.562. The number of methoxy groups -OCH3 is 2. The Labute approximate surface area is 100 Å². The van der Waals surface area contributed by atoms with Crippen LogP contribution >= 0.6 is 0 Å². The summed E-state index contributed by atoms with van der Waals surface area (Å²) in [6, 6.07) is 7.50. The zero-order valence-electron chi connectivity index (χ0n) is 9.90. The van der Waals surface area contributed by atoms with E-state index in [1.54, 1.807) is 7.11 Å². The second kappa shape index (κ2) is 5.16. The third-order valence-corrected chi connectivity index (χ3v) is 2.90. The molecule has 1 aromatic carbocycles. The van der Waals surface area contributed by atoms with Crippen molar-refractivity contribution >= 4 is 5.97 Å². The molecule has 2 rings (SSSR count). The van der Waals surface area contributed by atoms with Crippen LogP contribution < -0.4 is 15.6 Å². The van der Waals surface area contributed by atoms with Gasteiger partial charge in [-0.1, -0.05) is 18.2 Å². The lowest BCUT2D eigenvalue weighted by molar-refractivity contribution is -0.142. The summed E-state index contributed by atoms with van der Waals surface area (Å²) in [7, 11) is 3.03. The molecule has 1 aliphatic rings. The number of benzene rings is 1. The number of hydrazine groups is 1. The molecular weight excluding hydrogens is 220 g/mol. The standard InChI is InChI=1S/C12H16N2O3/c1-16-11-6-4-3-5-8(11)9-7-10(14-13-9)12(15)17-2/h3-6,9-10,13-14H,7H2,1-2H3. The largest absolute Gasteiger partial charge is 0.496 e. The molecule has 0 aromatic heterocycles. The second-order valence-corrected chi connectivity index (χ2v) is 3.89. The fourth-order valence-electron chi connectivity index (χ4n) is 2.01. The van der Waals surface area contributed by atoms with E-state index >= 15 is 0 Å². The maximum Gasteiger partial charge on any atom is 0.324 e. The minimum atomic E-state index is -0.310. The monoisotopic (exact) mass is 236 g/mol. The van der Waals surface area contributed by atoms with Gasteiger partial charge in [0.1, 0.15) is 11.8 Å². The van der Waals surface area contributed by atoms with Gasteiger partial charge in [0, 0.05) is 5.56 Å². The number of hydrogen-bond donors (Lipinski definition) is 2. The Hall–Kier alpha value is -1.59. The quantitative estimate of drug-likeness (QED) is 0.759. The van der Waals surface area contributed by atoms with Gasteiger partial charge in [-0.2, -0.15) is 0 Å². The van der Waals surface area contributed by atoms with Gasteiger partial charge in [-0.15, -0.1) is 0 Å². The highest BCUT2D eigenvalue weighted by molar-refractivity contribution is 5.76. The predicted octanol–water partition coefficient (Wildman–Crippen LogP) is 0.776. The van der Waals surface area contributed by atoms with E-state index in [1.807, 2.05) is 24.3 Å². The molecule has 0 radical (unpaired) electrons. The fraction of sp³-hybridized carbons (Fsp3) is 0.417. The van der Waals surface area contributed by atoms with Crippen molar-refractivity contribution in [2.45, 2.75) is 18.5 Å². The van der Waals surface area contributed by atoms with Crippen LogP contribution in [-0.2, 0) is 9.53 Å². The van der Waals surface area contributed by atoms with Crippen molar-refractivity contribution in [3.05, 3.63) is 29.8 Å². The molecule has 2 N–H and O–H groups in total. The SMILES string of the molecule is COC(=O)C1CC(c2ccccc2OC)NN1. The molecule has 1 heterocycles. The summed E-state index contributed by atoms with van der Waals surface area (Å²) in [6.45, 7) is 0. The van der Waals surface area contributed by atoms with Crippen LogP contribution in [0.15, 0.2) is 24.3 Å². The Morgan fingerprint density at radius 3 is 2.76 bits per heavy atom. The summed E-state index contributed by atoms with van der Waals surface area (Å²) in [4.78, 5) is 11.4. The van der Waals surface area contributed by atoms with Crippen molar-refractivity contribution in [2.75, 3.05) is 14.2 Å². The van der Waals surface area contributed by atoms with Gasteiger partial charge in [0.05, 0.1) is 20.3 Å². The minimum Gasteiger partial charge on any atom is -0.496 e. The molecule has 1 aliphatic heterocycles. The Balaban J connectivity index is 2.12. The first kappa shape index (κ1) is 11.9. The highest BCUT2D eigenvalue weighted by atomic mass is 16.5. The summed E-state index contributed by atoms with van der Waals surface area (Å²) >= 11 is 0. The van der Waals surface area contributed by atoms with E-state index in [0.717, 1.165) is 11.3 Å². The second-order valence-electron chi connectivity index (χ2n) is 3.89. The van der Waals surface area contributed by atoms with Gasteiger partial charge in [-0.25, -0.2) is 10.9 Å². The van der Waals surface area contributed by atoms with Gasteiger partial charge in [-0.05, 0) is 12.5 Å². The van der Waals surface area contributed by atoms with Crippen LogP contribution in [0.4, 0.5) is 0 Å². The lowest BCUT2D eigenvalue weighted by Crippen LogP contribution is -2.36. The molecule has 0 spiro atoms. The van der Waals surface area contributed by atoms with Crippen LogP contribution in [0.2, 0.25) is 0 Å². The van der Waals surface area contributed by atoms with Gasteiger partial charge in [0.2, 0.25) is 0 Å². The third kappa shape index (κ3) is 2.40. The van der Waals surface area contributed by atoms with Crippen molar-refractivity contribution in [2.24, 2.45) is 0 Å². The Bertz CT molecular complexity index is 408. The van der Waals surface area contributed by atoms with Gasteiger partial charge >= 0.3 is 5.97 Å². The first-order valence-electron chi connectivity index (χ1n) is 5.48. The lowest BCUT2D eigenvalue weighted by Gasteiger charge is -2.13. The predicted molar refractivity (Wildman–Crippen MR) is 62.4 cm³/mol. The van der Waals surface area contributed by atoms with E-state index in [2.05, 4.69) is 10.9 Å². The first-order chi connectivity index (χ1) is 8.26. The summed E-state index contributed by atoms with van der Waals surface area (Å²) in [6.07, 6.45) is 0.646. The number of nitrogens with one attached hydrogen (secondary N) is 2. The van der Waals surface area contributed by atoms with E-state index < -0.39 is 0 Å². The maximum absolute atomic E-state index is 11.4. The highest BCUT2D eigenvalue weighted by Crippen LogP contribution is 2.29. The number of rotatable bonds is 3. The van der Waals surface area contributed by atoms with Crippen molar-refractivity contribution in [3.63, 3.8) is 0 Å². The van der Waals surface area contributed by atoms with E-state index in [9.17, 15) is 4.79 Å². The van der Waals surface area contributed by atoms with E-state index in [0.29, 0.717) is 6.42 Å². The van der Waals surface area contributed by atoms with Gasteiger partial charge < -0.3 is 9.47 Å². The molecule has 0 amide bonds. The van der Waals surface area contributed by atoms with Crippen LogP contribution in [0.1, 0.15) is 18.0 Å². The third-order valence-electron chi connectivity index (χ3n) is 2.90. The summed E-state index contributed by atoms with van der Waals surface area (Å²) < 4.78 is 10.00. The number of carbonyl (C=O) groups is 1. The summed E-state index contributed by atoms with van der Waals surface area (Å²) in [5, 5.41) is 0. The molecule has 1 aromatic rings. The molecule has 0 bridgehead atoms. The molecule has 92 valence electrons. The zero-order valence-corrected chi connectivity index (χ0v) is 9.90. The molecule has 1 saturated heterocycles. The molecule has 0 aliphatic carbocycles. The smallest absolute Gasteiger partial charge is 0.324 e. The molecular formula is C12H16N2O3. The highest BCUT2D eigenvalue weighted by Gasteiger charge is 2.31. The molecule has 1 fully saturated rings. The molecule has 5 nitrogen and oxygen atoms in total. The van der Waals surface area contributed by atoms with Crippen molar-refractivity contribution in [3.8, 4) is 5.75 Å². The maximum atomic E-state index is 11.4. The zero-order chi connectivity index (χ0) is 12.3. The first-order valence-corrected chi connectivity index (χ1v) is 5.48. The Morgan fingerprint density at radius 1 is 1.29 bits per heavy atom. The Kier molecular flexibility index (Phi) is 3.61. The molecule has 0 saturated carbocycles. The number of para-hydroxylation sites is 1. The van der Waals surface area contributed by atoms with E-state index in [-0.39, 0.29) is 18.1 Å². The van der Waals surface area contributed by atoms with Crippen LogP contribution in [0.25, 0.3) is 0 Å². The number of hydrogen-bond acceptors (Lipinski definition) is 5. The van der Waals surface area contributed by atoms with Crippen LogP contribution in [0.5, 0.6) is 5.75 Å². The van der Waals surface area contributed by atoms with Gasteiger partial charge in [-0.3, -0.25) is 4.79 Å². The molecule has 2 atom stereocenters. The van der Waals surface area contributed by atoms with Gasteiger partial charge in [0.15, 0.2) is 0 Å². The van der Waals surface area contributed by atoms with Crippen molar-refractivity contribution in [1.82, 2.24) is 10.9 Å². The van der Waals surface area contributed by atoms with Crippen LogP contribution in [-0.4, -0.2) is 26.2 Å². The number of ether oxygens (including phenoxy) is 2. The van der Waals surface area contributed by atoms with E-state index in [1.165, 1.54) is 7.11 Å². The Morgan fingerprint density at radius 2 is 2.06 bits per heavy atom. The molecule has 5 heteroatoms. The van der Waals surface area contributed by atoms with Crippen LogP contribution in [0, 0.1) is 0 Å². The van der Waals surface area contributed by atoms with Crippen molar-refractivity contribution < 1.29 is 14.3 Å². The molecule has 2 unspecified atom stereocenters. The fourth-order valence-corrected chi connectivity index (χ4v) is 2.01. The van der Waals surface area contributed by atoms with Crippen molar-refractivity contribution in [1.29, 1.82) is 0 Å². The van der Waals surface area contributed by atoms with Gasteiger partial charge in [0.25, 0.3) is 0 Å². The van der Waals surface area contributed by atoms with Crippen LogP contribution in [0.3, 0.4) is 0 Å². The normalized spacial score (nSPS) is 23.4. The number of esters is 1. The minimum absolute atomic E-state index is 0.0512. The summed E-state index contributed by atoms with van der Waals surface area (Å²) in [5.41, 5.74) is 7.05. The molecule has 17 heavy (non-hydrogen) atoms. The topological polar surface area (TPSA) is 59.6 Å². The number of carbonyl (C=O) groups excluding carboxylic acids is 1. The average Bonchev–Trinajstić information content (AvgIpc) is 2.87. The van der Waals surface area contributed by atoms with E-state index in [4.69, 9.17) is 9.47 Å². The lowest BCUT2D eigenvalue weighted by atomic mass is 10.0.